The van der Waals surface area contributed by atoms with Crippen LogP contribution < -0.4 is 4.74 Å². The van der Waals surface area contributed by atoms with Crippen molar-refractivity contribution in [3.8, 4) is 5.75 Å². The van der Waals surface area contributed by atoms with Crippen molar-refractivity contribution < 1.29 is 13.9 Å². The number of aromatic nitrogens is 1. The highest BCUT2D eigenvalue weighted by Crippen LogP contribution is 2.37. The summed E-state index contributed by atoms with van der Waals surface area (Å²) in [6, 6.07) is 10.6. The molecule has 25 heavy (non-hydrogen) atoms. The van der Waals surface area contributed by atoms with Crippen molar-refractivity contribution in [2.45, 2.75) is 37.5 Å². The Hall–Kier alpha value is -1.98. The Morgan fingerprint density at radius 2 is 2.00 bits per heavy atom. The highest BCUT2D eigenvalue weighted by atomic mass is 19.1. The fraction of sp³-hybridized carbons (Fsp3) is 0.450. The van der Waals surface area contributed by atoms with Gasteiger partial charge in [0.05, 0.1) is 18.4 Å². The minimum absolute atomic E-state index is 0.0494. The molecule has 2 aliphatic rings. The van der Waals surface area contributed by atoms with Gasteiger partial charge >= 0.3 is 0 Å². The van der Waals surface area contributed by atoms with E-state index in [1.165, 1.54) is 12.1 Å². The Morgan fingerprint density at radius 1 is 1.20 bits per heavy atom. The largest absolute Gasteiger partial charge is 0.486 e. The molecule has 3 heterocycles. The number of halogens is 1. The molecule has 0 amide bonds. The van der Waals surface area contributed by atoms with Crippen LogP contribution >= 0.6 is 0 Å². The molecule has 1 aromatic carbocycles. The zero-order chi connectivity index (χ0) is 17.1. The topological polar surface area (TPSA) is 34.6 Å². The minimum Gasteiger partial charge on any atom is -0.486 e. The summed E-state index contributed by atoms with van der Waals surface area (Å²) in [5.41, 5.74) is 1.11. The number of rotatable bonds is 4. The quantitative estimate of drug-likeness (QED) is 0.853. The Balaban J connectivity index is 1.29. The Labute approximate surface area is 147 Å². The lowest BCUT2D eigenvalue weighted by Gasteiger charge is -2.38. The summed E-state index contributed by atoms with van der Waals surface area (Å²) in [6.07, 6.45) is 6.56. The van der Waals surface area contributed by atoms with Gasteiger partial charge in [-0.25, -0.2) is 4.39 Å². The van der Waals surface area contributed by atoms with Crippen LogP contribution in [0.1, 0.15) is 24.8 Å². The van der Waals surface area contributed by atoms with E-state index < -0.39 is 0 Å². The molecule has 1 atom stereocenters. The van der Waals surface area contributed by atoms with Gasteiger partial charge in [0.1, 0.15) is 17.7 Å². The van der Waals surface area contributed by atoms with Crippen molar-refractivity contribution >= 4 is 0 Å². The summed E-state index contributed by atoms with van der Waals surface area (Å²) >= 11 is 0. The van der Waals surface area contributed by atoms with Crippen LogP contribution in [-0.4, -0.2) is 41.3 Å². The van der Waals surface area contributed by atoms with E-state index in [4.69, 9.17) is 9.47 Å². The Kier molecular flexibility index (Phi) is 4.68. The standard InChI is InChI=1S/C20H23FN2O2/c21-17-5-3-16(4-6-17)14-23-10-7-20(8-11-23)12-19(15-24-20)25-18-2-1-9-22-13-18/h1-6,9,13,19H,7-8,10-12,14-15H2/t19-/m0/s1. The summed E-state index contributed by atoms with van der Waals surface area (Å²) in [5.74, 6) is 0.627. The van der Waals surface area contributed by atoms with E-state index >= 15 is 0 Å². The van der Waals surface area contributed by atoms with Crippen LogP contribution in [0.25, 0.3) is 0 Å². The van der Waals surface area contributed by atoms with Crippen LogP contribution in [0, 0.1) is 5.82 Å². The smallest absolute Gasteiger partial charge is 0.138 e. The molecule has 0 unspecified atom stereocenters. The lowest BCUT2D eigenvalue weighted by atomic mass is 9.88. The highest BCUT2D eigenvalue weighted by molar-refractivity contribution is 5.17. The second-order valence-electron chi connectivity index (χ2n) is 7.03. The second-order valence-corrected chi connectivity index (χ2v) is 7.03. The molecule has 2 saturated heterocycles. The van der Waals surface area contributed by atoms with Gasteiger partial charge in [-0.3, -0.25) is 9.88 Å². The number of piperidine rings is 1. The molecule has 2 aliphatic heterocycles. The van der Waals surface area contributed by atoms with E-state index in [0.29, 0.717) is 6.61 Å². The lowest BCUT2D eigenvalue weighted by molar-refractivity contribution is -0.0454. The van der Waals surface area contributed by atoms with Gasteiger partial charge in [0.2, 0.25) is 0 Å². The van der Waals surface area contributed by atoms with Crippen LogP contribution in [-0.2, 0) is 11.3 Å². The summed E-state index contributed by atoms with van der Waals surface area (Å²) < 4.78 is 25.2. The molecule has 0 aliphatic carbocycles. The maximum absolute atomic E-state index is 13.0. The van der Waals surface area contributed by atoms with Crippen molar-refractivity contribution in [2.75, 3.05) is 19.7 Å². The molecule has 0 bridgehead atoms. The molecule has 132 valence electrons. The first-order valence-electron chi connectivity index (χ1n) is 8.88. The van der Waals surface area contributed by atoms with Crippen molar-refractivity contribution in [3.05, 3.63) is 60.2 Å². The number of hydrogen-bond acceptors (Lipinski definition) is 4. The number of nitrogens with zero attached hydrogens (tertiary/aromatic N) is 2. The number of hydrogen-bond donors (Lipinski definition) is 0. The molecule has 5 heteroatoms. The third-order valence-corrected chi connectivity index (χ3v) is 5.20. The molecule has 2 aromatic rings. The van der Waals surface area contributed by atoms with Crippen LogP contribution in [0.15, 0.2) is 48.8 Å². The summed E-state index contributed by atoms with van der Waals surface area (Å²) in [7, 11) is 0. The zero-order valence-electron chi connectivity index (χ0n) is 14.2. The highest BCUT2D eigenvalue weighted by Gasteiger charge is 2.43. The van der Waals surface area contributed by atoms with Crippen LogP contribution in [0.5, 0.6) is 5.75 Å². The Morgan fingerprint density at radius 3 is 2.72 bits per heavy atom. The minimum atomic E-state index is -0.180. The van der Waals surface area contributed by atoms with Crippen molar-refractivity contribution in [1.29, 1.82) is 0 Å². The van der Waals surface area contributed by atoms with E-state index in [1.807, 2.05) is 24.3 Å². The third-order valence-electron chi connectivity index (χ3n) is 5.20. The van der Waals surface area contributed by atoms with Crippen molar-refractivity contribution in [3.63, 3.8) is 0 Å². The fourth-order valence-electron chi connectivity index (χ4n) is 3.80. The van der Waals surface area contributed by atoms with Crippen molar-refractivity contribution in [2.24, 2.45) is 0 Å². The lowest BCUT2D eigenvalue weighted by Crippen LogP contribution is -2.44. The predicted octanol–water partition coefficient (Wildman–Crippen LogP) is 3.42. The van der Waals surface area contributed by atoms with Crippen LogP contribution in [0.4, 0.5) is 4.39 Å². The van der Waals surface area contributed by atoms with E-state index in [0.717, 1.165) is 50.2 Å². The first-order chi connectivity index (χ1) is 12.2. The van der Waals surface area contributed by atoms with E-state index in [2.05, 4.69) is 9.88 Å². The maximum atomic E-state index is 13.0. The van der Waals surface area contributed by atoms with Gasteiger partial charge < -0.3 is 9.47 Å². The molecule has 4 rings (SSSR count). The average molecular weight is 342 g/mol. The first-order valence-corrected chi connectivity index (χ1v) is 8.88. The number of likely N-dealkylation sites (tertiary alicyclic amines) is 1. The molecule has 1 aromatic heterocycles. The maximum Gasteiger partial charge on any atom is 0.138 e. The predicted molar refractivity (Wildman–Crippen MR) is 92.9 cm³/mol. The molecule has 0 N–H and O–H groups in total. The van der Waals surface area contributed by atoms with Gasteiger partial charge in [0.15, 0.2) is 0 Å². The average Bonchev–Trinajstić information content (AvgIpc) is 3.02. The van der Waals surface area contributed by atoms with E-state index in [-0.39, 0.29) is 17.5 Å². The molecule has 4 nitrogen and oxygen atoms in total. The SMILES string of the molecule is Fc1ccc(CN2CCC3(CC2)C[C@H](Oc2cccnc2)CO3)cc1. The molecule has 0 radical (unpaired) electrons. The number of ether oxygens (including phenoxy) is 2. The molecular weight excluding hydrogens is 319 g/mol. The molecular formula is C20H23FN2O2. The van der Waals surface area contributed by atoms with Gasteiger partial charge in [-0.1, -0.05) is 12.1 Å². The van der Waals surface area contributed by atoms with Gasteiger partial charge in [-0.2, -0.15) is 0 Å². The summed E-state index contributed by atoms with van der Waals surface area (Å²) in [5, 5.41) is 0. The van der Waals surface area contributed by atoms with Gasteiger partial charge in [-0.05, 0) is 42.7 Å². The fourth-order valence-corrected chi connectivity index (χ4v) is 3.80. The molecule has 1 spiro atoms. The third kappa shape index (κ3) is 3.99. The normalized spacial score (nSPS) is 23.0. The van der Waals surface area contributed by atoms with Gasteiger partial charge in [-0.15, -0.1) is 0 Å². The second kappa shape index (κ2) is 7.10. The molecule has 0 saturated carbocycles. The van der Waals surface area contributed by atoms with Crippen LogP contribution in [0.2, 0.25) is 0 Å². The first kappa shape index (κ1) is 16.5. The number of benzene rings is 1. The Bertz CT molecular complexity index is 685. The van der Waals surface area contributed by atoms with E-state index in [9.17, 15) is 4.39 Å². The summed E-state index contributed by atoms with van der Waals surface area (Å²) in [6.45, 7) is 3.51. The number of pyridine rings is 1. The molecule has 2 fully saturated rings. The van der Waals surface area contributed by atoms with Gasteiger partial charge in [0.25, 0.3) is 0 Å². The van der Waals surface area contributed by atoms with Gasteiger partial charge in [0, 0.05) is 32.3 Å². The monoisotopic (exact) mass is 342 g/mol. The zero-order valence-corrected chi connectivity index (χ0v) is 14.2. The van der Waals surface area contributed by atoms with E-state index in [1.54, 1.807) is 12.4 Å². The van der Waals surface area contributed by atoms with Crippen LogP contribution in [0.3, 0.4) is 0 Å². The summed E-state index contributed by atoms with van der Waals surface area (Å²) in [4.78, 5) is 6.50. The van der Waals surface area contributed by atoms with Crippen molar-refractivity contribution in [1.82, 2.24) is 9.88 Å².